The summed E-state index contributed by atoms with van der Waals surface area (Å²) in [5.74, 6) is -0.787. The van der Waals surface area contributed by atoms with E-state index in [9.17, 15) is 9.59 Å². The topological polar surface area (TPSA) is 78.4 Å². The van der Waals surface area contributed by atoms with Crippen molar-refractivity contribution in [2.75, 3.05) is 7.05 Å². The summed E-state index contributed by atoms with van der Waals surface area (Å²) in [5.41, 5.74) is 0. The molecule has 1 amide bonds. The number of rotatable bonds is 6. The van der Waals surface area contributed by atoms with E-state index >= 15 is 0 Å². The second-order valence-electron chi connectivity index (χ2n) is 4.02. The highest BCUT2D eigenvalue weighted by atomic mass is 16.4. The zero-order valence-corrected chi connectivity index (χ0v) is 9.70. The maximum Gasteiger partial charge on any atom is 0.320 e. The van der Waals surface area contributed by atoms with Gasteiger partial charge < -0.3 is 10.4 Å². The van der Waals surface area contributed by atoms with Crippen LogP contribution in [0.1, 0.15) is 27.2 Å². The molecule has 0 rings (SSSR count). The molecule has 0 spiro atoms. The van der Waals surface area contributed by atoms with Gasteiger partial charge in [0.25, 0.3) is 0 Å². The fourth-order valence-electron chi connectivity index (χ4n) is 1.27. The van der Waals surface area contributed by atoms with Crippen LogP contribution >= 0.6 is 0 Å². The second kappa shape index (κ2) is 6.40. The molecule has 0 radical (unpaired) electrons. The van der Waals surface area contributed by atoms with Gasteiger partial charge in [-0.2, -0.15) is 0 Å². The number of carboxylic acids is 1. The highest BCUT2D eigenvalue weighted by molar-refractivity contribution is 5.82. The van der Waals surface area contributed by atoms with Crippen molar-refractivity contribution < 1.29 is 14.7 Å². The monoisotopic (exact) mass is 216 g/mol. The molecule has 0 bridgehead atoms. The molecule has 5 heteroatoms. The lowest BCUT2D eigenvalue weighted by Crippen LogP contribution is -2.49. The minimum Gasteiger partial charge on any atom is -0.480 e. The van der Waals surface area contributed by atoms with E-state index in [-0.39, 0.29) is 5.91 Å². The number of carbonyl (C=O) groups is 2. The van der Waals surface area contributed by atoms with Crippen LogP contribution in [0.3, 0.4) is 0 Å². The van der Waals surface area contributed by atoms with E-state index in [1.54, 1.807) is 7.05 Å². The third kappa shape index (κ3) is 5.37. The summed E-state index contributed by atoms with van der Waals surface area (Å²) < 4.78 is 0. The van der Waals surface area contributed by atoms with Crippen molar-refractivity contribution >= 4 is 11.9 Å². The van der Waals surface area contributed by atoms with Gasteiger partial charge in [0.1, 0.15) is 6.04 Å². The minimum absolute atomic E-state index is 0.170. The van der Waals surface area contributed by atoms with Crippen LogP contribution in [0, 0.1) is 5.92 Å². The molecule has 0 aliphatic carbocycles. The Morgan fingerprint density at radius 3 is 2.13 bits per heavy atom. The van der Waals surface area contributed by atoms with Gasteiger partial charge in [-0.1, -0.05) is 13.8 Å². The summed E-state index contributed by atoms with van der Waals surface area (Å²) in [5, 5.41) is 14.0. The van der Waals surface area contributed by atoms with Crippen molar-refractivity contribution in [1.82, 2.24) is 10.6 Å². The number of carbonyl (C=O) groups excluding carboxylic acids is 1. The lowest BCUT2D eigenvalue weighted by atomic mass is 10.0. The molecule has 0 aromatic carbocycles. The normalized spacial score (nSPS) is 14.7. The van der Waals surface area contributed by atoms with Crippen molar-refractivity contribution in [2.24, 2.45) is 5.92 Å². The van der Waals surface area contributed by atoms with Crippen LogP contribution in [0.4, 0.5) is 0 Å². The number of carboxylic acid groups (broad SMARTS) is 1. The van der Waals surface area contributed by atoms with E-state index in [2.05, 4.69) is 10.6 Å². The van der Waals surface area contributed by atoms with Crippen LogP contribution in [0.2, 0.25) is 0 Å². The number of hydrogen-bond acceptors (Lipinski definition) is 3. The van der Waals surface area contributed by atoms with Gasteiger partial charge in [0, 0.05) is 7.05 Å². The van der Waals surface area contributed by atoms with Crippen molar-refractivity contribution in [1.29, 1.82) is 0 Å². The van der Waals surface area contributed by atoms with Gasteiger partial charge in [0.05, 0.1) is 6.04 Å². The summed E-state index contributed by atoms with van der Waals surface area (Å²) in [4.78, 5) is 22.1. The Labute approximate surface area is 90.2 Å². The molecule has 0 aliphatic rings. The standard InChI is InChI=1S/C10H20N2O3/c1-6(2)5-8(9(13)11-4)12-7(3)10(14)15/h6-8,12H,5H2,1-4H3,(H,11,13)(H,14,15). The molecule has 15 heavy (non-hydrogen) atoms. The fourth-order valence-corrected chi connectivity index (χ4v) is 1.27. The predicted molar refractivity (Wildman–Crippen MR) is 57.5 cm³/mol. The molecule has 5 nitrogen and oxygen atoms in total. The van der Waals surface area contributed by atoms with Gasteiger partial charge >= 0.3 is 5.97 Å². The molecule has 0 saturated carbocycles. The first kappa shape index (κ1) is 13.9. The Balaban J connectivity index is 4.36. The van der Waals surface area contributed by atoms with E-state index in [4.69, 9.17) is 5.11 Å². The Kier molecular flexibility index (Phi) is 5.93. The Morgan fingerprint density at radius 1 is 1.27 bits per heavy atom. The third-order valence-electron chi connectivity index (χ3n) is 2.09. The smallest absolute Gasteiger partial charge is 0.320 e. The fraction of sp³-hybridized carbons (Fsp3) is 0.800. The van der Waals surface area contributed by atoms with Crippen LogP contribution in [0.25, 0.3) is 0 Å². The lowest BCUT2D eigenvalue weighted by Gasteiger charge is -2.21. The van der Waals surface area contributed by atoms with E-state index in [1.807, 2.05) is 13.8 Å². The van der Waals surface area contributed by atoms with Crippen molar-refractivity contribution in [3.05, 3.63) is 0 Å². The maximum atomic E-state index is 11.4. The molecule has 0 heterocycles. The summed E-state index contributed by atoms with van der Waals surface area (Å²) in [6.45, 7) is 5.50. The number of nitrogens with one attached hydrogen (secondary N) is 2. The van der Waals surface area contributed by atoms with E-state index in [0.717, 1.165) is 0 Å². The first-order chi connectivity index (χ1) is 6.88. The molecule has 88 valence electrons. The number of hydrogen-bond donors (Lipinski definition) is 3. The molecule has 2 unspecified atom stereocenters. The maximum absolute atomic E-state index is 11.4. The summed E-state index contributed by atoms with van der Waals surface area (Å²) in [6, 6.07) is -1.16. The first-order valence-corrected chi connectivity index (χ1v) is 5.09. The summed E-state index contributed by atoms with van der Waals surface area (Å²) in [6.07, 6.45) is 0.622. The SMILES string of the molecule is CNC(=O)C(CC(C)C)NC(C)C(=O)O. The zero-order valence-electron chi connectivity index (χ0n) is 9.70. The molecule has 0 saturated heterocycles. The van der Waals surface area contributed by atoms with Crippen LogP contribution in [-0.2, 0) is 9.59 Å². The molecule has 3 N–H and O–H groups in total. The Bertz CT molecular complexity index is 229. The third-order valence-corrected chi connectivity index (χ3v) is 2.09. The molecule has 0 aliphatic heterocycles. The van der Waals surface area contributed by atoms with Crippen molar-refractivity contribution in [3.8, 4) is 0 Å². The Morgan fingerprint density at radius 2 is 1.80 bits per heavy atom. The largest absolute Gasteiger partial charge is 0.480 e. The van der Waals surface area contributed by atoms with Crippen LogP contribution < -0.4 is 10.6 Å². The summed E-state index contributed by atoms with van der Waals surface area (Å²) >= 11 is 0. The molecule has 0 aromatic rings. The quantitative estimate of drug-likeness (QED) is 0.593. The number of likely N-dealkylation sites (N-methyl/N-ethyl adjacent to an activating group) is 1. The van der Waals surface area contributed by atoms with Gasteiger partial charge in [0.15, 0.2) is 0 Å². The molecule has 0 fully saturated rings. The van der Waals surface area contributed by atoms with E-state index < -0.39 is 18.1 Å². The molecule has 2 atom stereocenters. The average Bonchev–Trinajstić information content (AvgIpc) is 2.14. The lowest BCUT2D eigenvalue weighted by molar-refractivity contribution is -0.139. The van der Waals surface area contributed by atoms with Crippen LogP contribution in [-0.4, -0.2) is 36.1 Å². The number of aliphatic carboxylic acids is 1. The first-order valence-electron chi connectivity index (χ1n) is 5.09. The minimum atomic E-state index is -0.951. The zero-order chi connectivity index (χ0) is 12.0. The highest BCUT2D eigenvalue weighted by Gasteiger charge is 2.22. The van der Waals surface area contributed by atoms with E-state index in [1.165, 1.54) is 6.92 Å². The highest BCUT2D eigenvalue weighted by Crippen LogP contribution is 2.05. The van der Waals surface area contributed by atoms with Gasteiger partial charge in [-0.15, -0.1) is 0 Å². The van der Waals surface area contributed by atoms with Gasteiger partial charge in [-0.25, -0.2) is 0 Å². The Hall–Kier alpha value is -1.10. The van der Waals surface area contributed by atoms with Crippen LogP contribution in [0.5, 0.6) is 0 Å². The molecule has 0 aromatic heterocycles. The molecular weight excluding hydrogens is 196 g/mol. The van der Waals surface area contributed by atoms with E-state index in [0.29, 0.717) is 12.3 Å². The summed E-state index contributed by atoms with van der Waals surface area (Å²) in [7, 11) is 1.54. The average molecular weight is 216 g/mol. The van der Waals surface area contributed by atoms with Gasteiger partial charge in [-0.05, 0) is 19.3 Å². The van der Waals surface area contributed by atoms with Crippen molar-refractivity contribution in [2.45, 2.75) is 39.3 Å². The van der Waals surface area contributed by atoms with Gasteiger partial charge in [-0.3, -0.25) is 14.9 Å². The van der Waals surface area contributed by atoms with Crippen molar-refractivity contribution in [3.63, 3.8) is 0 Å². The second-order valence-corrected chi connectivity index (χ2v) is 4.02. The number of amides is 1. The predicted octanol–water partition coefficient (Wildman–Crippen LogP) is 0.210. The molecular formula is C10H20N2O3. The van der Waals surface area contributed by atoms with Crippen LogP contribution in [0.15, 0.2) is 0 Å². The van der Waals surface area contributed by atoms with Gasteiger partial charge in [0.2, 0.25) is 5.91 Å².